The molecule has 0 aliphatic carbocycles. The van der Waals surface area contributed by atoms with Crippen LogP contribution in [0.1, 0.15) is 28.2 Å². The number of rotatable bonds is 4. The molecule has 0 saturated carbocycles. The summed E-state index contributed by atoms with van der Waals surface area (Å²) in [5.41, 5.74) is 6.40. The number of carbonyl (C=O) groups excluding carboxylic acids is 1. The van der Waals surface area contributed by atoms with E-state index in [-0.39, 0.29) is 6.04 Å². The molecule has 0 saturated heterocycles. The van der Waals surface area contributed by atoms with E-state index in [2.05, 4.69) is 21.2 Å². The average molecular weight is 360 g/mol. The highest BCUT2D eigenvalue weighted by atomic mass is 79.9. The summed E-state index contributed by atoms with van der Waals surface area (Å²) in [6.07, 6.45) is 0. The van der Waals surface area contributed by atoms with E-state index >= 15 is 0 Å². The van der Waals surface area contributed by atoms with Crippen molar-refractivity contribution in [2.24, 2.45) is 5.73 Å². The van der Waals surface area contributed by atoms with Crippen molar-refractivity contribution in [2.75, 3.05) is 5.32 Å². The normalized spacial score (nSPS) is 12.2. The maximum Gasteiger partial charge on any atom is 0.248 e. The lowest BCUT2D eigenvalue weighted by molar-refractivity contribution is 0.100. The molecule has 2 rings (SSSR count). The predicted molar refractivity (Wildman–Crippen MR) is 84.0 cm³/mol. The molecule has 2 aromatic rings. The number of nitrogens with one attached hydrogen (secondary N) is 1. The molecule has 1 aromatic carbocycles. The van der Waals surface area contributed by atoms with E-state index in [1.807, 2.05) is 18.4 Å². The van der Waals surface area contributed by atoms with Gasteiger partial charge in [-0.1, -0.05) is 11.6 Å². The minimum atomic E-state index is -0.468. The molecule has 1 aromatic heterocycles. The Morgan fingerprint density at radius 1 is 1.47 bits per heavy atom. The lowest BCUT2D eigenvalue weighted by Gasteiger charge is -2.16. The van der Waals surface area contributed by atoms with Crippen LogP contribution in [0.5, 0.6) is 0 Å². The zero-order valence-corrected chi connectivity index (χ0v) is 13.3. The highest BCUT2D eigenvalue weighted by Gasteiger charge is 2.13. The maximum absolute atomic E-state index is 11.2. The first kappa shape index (κ1) is 14.4. The Morgan fingerprint density at radius 2 is 2.21 bits per heavy atom. The highest BCUT2D eigenvalue weighted by molar-refractivity contribution is 9.10. The third kappa shape index (κ3) is 3.29. The molecule has 1 atom stereocenters. The maximum atomic E-state index is 11.2. The Bertz CT molecular complexity index is 614. The van der Waals surface area contributed by atoms with Crippen molar-refractivity contribution in [3.8, 4) is 0 Å². The Labute approximate surface area is 128 Å². The van der Waals surface area contributed by atoms with E-state index in [0.29, 0.717) is 16.3 Å². The van der Waals surface area contributed by atoms with Crippen LogP contribution in [-0.2, 0) is 0 Å². The van der Waals surface area contributed by atoms with Crippen molar-refractivity contribution in [2.45, 2.75) is 13.0 Å². The third-order valence-corrected chi connectivity index (χ3v) is 5.04. The summed E-state index contributed by atoms with van der Waals surface area (Å²) < 4.78 is 1.06. The average Bonchev–Trinajstić information content (AvgIpc) is 2.78. The first-order valence-electron chi connectivity index (χ1n) is 5.58. The van der Waals surface area contributed by atoms with E-state index in [4.69, 9.17) is 17.3 Å². The second kappa shape index (κ2) is 5.94. The Balaban J connectivity index is 2.26. The summed E-state index contributed by atoms with van der Waals surface area (Å²) in [7, 11) is 0. The van der Waals surface area contributed by atoms with Crippen molar-refractivity contribution in [3.63, 3.8) is 0 Å². The summed E-state index contributed by atoms with van der Waals surface area (Å²) >= 11 is 11.3. The lowest BCUT2D eigenvalue weighted by atomic mass is 10.1. The smallest absolute Gasteiger partial charge is 0.248 e. The molecule has 0 aliphatic rings. The molecule has 1 unspecified atom stereocenters. The van der Waals surface area contributed by atoms with E-state index in [9.17, 15) is 4.79 Å². The molecule has 19 heavy (non-hydrogen) atoms. The lowest BCUT2D eigenvalue weighted by Crippen LogP contribution is -2.12. The fourth-order valence-corrected chi connectivity index (χ4v) is 3.60. The van der Waals surface area contributed by atoms with Gasteiger partial charge in [-0.15, -0.1) is 11.3 Å². The zero-order chi connectivity index (χ0) is 14.0. The number of thiophene rings is 1. The molecule has 0 radical (unpaired) electrons. The van der Waals surface area contributed by atoms with Crippen LogP contribution >= 0.6 is 38.9 Å². The standard InChI is InChI=1S/C13H12BrClN2OS/c1-7(12-9(14)4-5-19-12)17-11-6-8(13(16)18)2-3-10(11)15/h2-7,17H,1H3,(H2,16,18). The van der Waals surface area contributed by atoms with Crippen LogP contribution in [0.3, 0.4) is 0 Å². The fourth-order valence-electron chi connectivity index (χ4n) is 1.70. The van der Waals surface area contributed by atoms with Gasteiger partial charge in [0, 0.05) is 14.9 Å². The van der Waals surface area contributed by atoms with Crippen molar-refractivity contribution >= 4 is 50.5 Å². The first-order chi connectivity index (χ1) is 8.99. The van der Waals surface area contributed by atoms with Crippen molar-refractivity contribution in [1.29, 1.82) is 0 Å². The van der Waals surface area contributed by atoms with Crippen LogP contribution < -0.4 is 11.1 Å². The fraction of sp³-hybridized carbons (Fsp3) is 0.154. The number of primary amides is 1. The SMILES string of the molecule is CC(Nc1cc(C(N)=O)ccc1Cl)c1sccc1Br. The minimum Gasteiger partial charge on any atom is -0.376 e. The van der Waals surface area contributed by atoms with Gasteiger partial charge < -0.3 is 11.1 Å². The number of nitrogens with two attached hydrogens (primary N) is 1. The van der Waals surface area contributed by atoms with Crippen LogP contribution in [0.15, 0.2) is 34.1 Å². The van der Waals surface area contributed by atoms with E-state index < -0.39 is 5.91 Å². The number of amides is 1. The zero-order valence-electron chi connectivity index (χ0n) is 10.1. The molecule has 0 spiro atoms. The first-order valence-corrected chi connectivity index (χ1v) is 7.63. The van der Waals surface area contributed by atoms with Gasteiger partial charge in [-0.25, -0.2) is 0 Å². The summed E-state index contributed by atoms with van der Waals surface area (Å²) in [4.78, 5) is 12.3. The summed E-state index contributed by atoms with van der Waals surface area (Å²) in [5.74, 6) is -0.468. The Morgan fingerprint density at radius 3 is 2.79 bits per heavy atom. The van der Waals surface area contributed by atoms with Crippen LogP contribution in [0.2, 0.25) is 5.02 Å². The monoisotopic (exact) mass is 358 g/mol. The van der Waals surface area contributed by atoms with Crippen molar-refractivity contribution in [3.05, 3.63) is 49.6 Å². The van der Waals surface area contributed by atoms with Gasteiger partial charge in [0.15, 0.2) is 0 Å². The largest absolute Gasteiger partial charge is 0.376 e. The van der Waals surface area contributed by atoms with E-state index in [1.54, 1.807) is 29.5 Å². The molecule has 0 aliphatic heterocycles. The number of anilines is 1. The number of halogens is 2. The molecule has 0 fully saturated rings. The van der Waals surface area contributed by atoms with Gasteiger partial charge in [0.1, 0.15) is 0 Å². The molecule has 0 bridgehead atoms. The van der Waals surface area contributed by atoms with Crippen LogP contribution in [0.4, 0.5) is 5.69 Å². The Hall–Kier alpha value is -1.04. The molecular formula is C13H12BrClN2OS. The number of benzene rings is 1. The van der Waals surface area contributed by atoms with Gasteiger partial charge in [0.25, 0.3) is 0 Å². The molecule has 6 heteroatoms. The van der Waals surface area contributed by atoms with Crippen LogP contribution in [0, 0.1) is 0 Å². The molecular weight excluding hydrogens is 348 g/mol. The molecule has 1 amide bonds. The Kier molecular flexibility index (Phi) is 4.50. The van der Waals surface area contributed by atoms with Crippen LogP contribution in [0.25, 0.3) is 0 Å². The quantitative estimate of drug-likeness (QED) is 0.848. The predicted octanol–water partition coefficient (Wildman–Crippen LogP) is 4.44. The molecule has 1 heterocycles. The number of carbonyl (C=O) groups is 1. The second-order valence-electron chi connectivity index (χ2n) is 4.06. The summed E-state index contributed by atoms with van der Waals surface area (Å²) in [5, 5.41) is 5.86. The topological polar surface area (TPSA) is 55.1 Å². The summed E-state index contributed by atoms with van der Waals surface area (Å²) in [6.45, 7) is 2.03. The molecule has 3 N–H and O–H groups in total. The minimum absolute atomic E-state index is 0.0787. The van der Waals surface area contributed by atoms with Gasteiger partial charge in [0.05, 0.1) is 16.8 Å². The van der Waals surface area contributed by atoms with E-state index in [1.165, 1.54) is 4.88 Å². The van der Waals surface area contributed by atoms with Gasteiger partial charge >= 0.3 is 0 Å². The summed E-state index contributed by atoms with van der Waals surface area (Å²) in [6, 6.07) is 7.03. The second-order valence-corrected chi connectivity index (χ2v) is 6.27. The highest BCUT2D eigenvalue weighted by Crippen LogP contribution is 2.33. The van der Waals surface area contributed by atoms with Gasteiger partial charge in [0.2, 0.25) is 5.91 Å². The van der Waals surface area contributed by atoms with Crippen molar-refractivity contribution in [1.82, 2.24) is 0 Å². The van der Waals surface area contributed by atoms with E-state index in [0.717, 1.165) is 4.47 Å². The van der Waals surface area contributed by atoms with Gasteiger partial charge in [-0.2, -0.15) is 0 Å². The van der Waals surface area contributed by atoms with Gasteiger partial charge in [-0.3, -0.25) is 4.79 Å². The van der Waals surface area contributed by atoms with Gasteiger partial charge in [-0.05, 0) is 52.5 Å². The molecule has 100 valence electrons. The molecule has 3 nitrogen and oxygen atoms in total. The van der Waals surface area contributed by atoms with Crippen molar-refractivity contribution < 1.29 is 4.79 Å². The number of hydrogen-bond acceptors (Lipinski definition) is 3. The van der Waals surface area contributed by atoms with Crippen LogP contribution in [-0.4, -0.2) is 5.91 Å². The third-order valence-electron chi connectivity index (χ3n) is 2.66. The number of hydrogen-bond donors (Lipinski definition) is 2.